The predicted molar refractivity (Wildman–Crippen MR) is 104 cm³/mol. The van der Waals surface area contributed by atoms with Gasteiger partial charge in [-0.15, -0.1) is 0 Å². The molecular weight excluding hydrogens is 358 g/mol. The first-order chi connectivity index (χ1) is 13.6. The van der Waals surface area contributed by atoms with Gasteiger partial charge >= 0.3 is 5.97 Å². The summed E-state index contributed by atoms with van der Waals surface area (Å²) in [6.07, 6.45) is -0.815. The molecule has 4 rings (SSSR count). The van der Waals surface area contributed by atoms with Gasteiger partial charge in [0.15, 0.2) is 17.6 Å². The average molecular weight is 377 g/mol. The van der Waals surface area contributed by atoms with Crippen LogP contribution in [0.25, 0.3) is 10.8 Å². The molecule has 28 heavy (non-hydrogen) atoms. The molecule has 1 amide bonds. The van der Waals surface area contributed by atoms with E-state index in [1.807, 2.05) is 42.5 Å². The molecule has 0 spiro atoms. The lowest BCUT2D eigenvalue weighted by Gasteiger charge is -2.14. The Morgan fingerprint density at radius 3 is 2.64 bits per heavy atom. The summed E-state index contributed by atoms with van der Waals surface area (Å²) in [5.74, 6) is 0.334. The number of hydrogen-bond donors (Lipinski definition) is 1. The van der Waals surface area contributed by atoms with E-state index in [1.54, 1.807) is 25.1 Å². The van der Waals surface area contributed by atoms with Crippen LogP contribution in [0.5, 0.6) is 11.5 Å². The molecule has 3 aromatic carbocycles. The highest BCUT2D eigenvalue weighted by molar-refractivity contribution is 5.95. The van der Waals surface area contributed by atoms with Crippen LogP contribution in [0, 0.1) is 0 Å². The standard InChI is InChI=1S/C22H19NO5/c1-14(22(25)23-18-8-9-19-20(12-18)27-13-26-19)28-21(24)11-15-6-7-16-4-2-3-5-17(16)10-15/h2-10,12,14H,11,13H2,1H3,(H,23,25)/t14-/m0/s1. The van der Waals surface area contributed by atoms with Crippen LogP contribution in [0.4, 0.5) is 5.69 Å². The maximum Gasteiger partial charge on any atom is 0.311 e. The smallest absolute Gasteiger partial charge is 0.311 e. The predicted octanol–water partition coefficient (Wildman–Crippen LogP) is 3.68. The Kier molecular flexibility index (Phi) is 4.85. The Hall–Kier alpha value is -3.54. The zero-order valence-electron chi connectivity index (χ0n) is 15.3. The molecule has 0 radical (unpaired) electrons. The molecule has 0 aromatic heterocycles. The van der Waals surface area contributed by atoms with E-state index in [1.165, 1.54) is 0 Å². The minimum Gasteiger partial charge on any atom is -0.454 e. The van der Waals surface area contributed by atoms with Crippen LogP contribution in [0.1, 0.15) is 12.5 Å². The van der Waals surface area contributed by atoms with Gasteiger partial charge in [0, 0.05) is 11.8 Å². The van der Waals surface area contributed by atoms with Gasteiger partial charge in [0.25, 0.3) is 5.91 Å². The highest BCUT2D eigenvalue weighted by Gasteiger charge is 2.20. The first-order valence-corrected chi connectivity index (χ1v) is 8.96. The number of nitrogens with one attached hydrogen (secondary N) is 1. The fourth-order valence-electron chi connectivity index (χ4n) is 3.03. The van der Waals surface area contributed by atoms with Crippen LogP contribution >= 0.6 is 0 Å². The average Bonchev–Trinajstić information content (AvgIpc) is 3.15. The zero-order valence-corrected chi connectivity index (χ0v) is 15.3. The third-order valence-electron chi connectivity index (χ3n) is 4.48. The molecule has 3 aromatic rings. The third-order valence-corrected chi connectivity index (χ3v) is 4.48. The Morgan fingerprint density at radius 1 is 1.00 bits per heavy atom. The number of anilines is 1. The molecule has 0 unspecified atom stereocenters. The van der Waals surface area contributed by atoms with Crippen LogP contribution in [-0.4, -0.2) is 24.8 Å². The van der Waals surface area contributed by atoms with Gasteiger partial charge < -0.3 is 19.5 Å². The highest BCUT2D eigenvalue weighted by Crippen LogP contribution is 2.34. The minimum absolute atomic E-state index is 0.104. The second kappa shape index (κ2) is 7.60. The van der Waals surface area contributed by atoms with E-state index in [4.69, 9.17) is 14.2 Å². The van der Waals surface area contributed by atoms with Crippen molar-refractivity contribution in [3.05, 3.63) is 66.2 Å². The maximum absolute atomic E-state index is 12.3. The Bertz CT molecular complexity index is 1050. The lowest BCUT2D eigenvalue weighted by Crippen LogP contribution is -2.30. The van der Waals surface area contributed by atoms with Gasteiger partial charge in [-0.3, -0.25) is 9.59 Å². The van der Waals surface area contributed by atoms with E-state index >= 15 is 0 Å². The van der Waals surface area contributed by atoms with Gasteiger partial charge in [0.2, 0.25) is 6.79 Å². The number of carbonyl (C=O) groups excluding carboxylic acids is 2. The fourth-order valence-corrected chi connectivity index (χ4v) is 3.03. The second-order valence-corrected chi connectivity index (χ2v) is 6.55. The summed E-state index contributed by atoms with van der Waals surface area (Å²) in [6, 6.07) is 18.8. The molecule has 0 fully saturated rings. The third kappa shape index (κ3) is 3.91. The van der Waals surface area contributed by atoms with Crippen LogP contribution in [0.15, 0.2) is 60.7 Å². The van der Waals surface area contributed by atoms with Gasteiger partial charge in [-0.2, -0.15) is 0 Å². The summed E-state index contributed by atoms with van der Waals surface area (Å²) in [6.45, 7) is 1.70. The van der Waals surface area contributed by atoms with Gasteiger partial charge in [0.1, 0.15) is 0 Å². The Labute approximate surface area is 162 Å². The quantitative estimate of drug-likeness (QED) is 0.687. The number of amides is 1. The lowest BCUT2D eigenvalue weighted by atomic mass is 10.1. The van der Waals surface area contributed by atoms with Crippen molar-refractivity contribution < 1.29 is 23.8 Å². The van der Waals surface area contributed by atoms with Crippen LogP contribution < -0.4 is 14.8 Å². The monoisotopic (exact) mass is 377 g/mol. The van der Waals surface area contributed by atoms with Gasteiger partial charge in [0.05, 0.1) is 6.42 Å². The molecule has 0 saturated carbocycles. The summed E-state index contributed by atoms with van der Waals surface area (Å²) in [5, 5.41) is 4.88. The van der Waals surface area contributed by atoms with Gasteiger partial charge in [-0.25, -0.2) is 0 Å². The van der Waals surface area contributed by atoms with E-state index in [-0.39, 0.29) is 13.2 Å². The van der Waals surface area contributed by atoms with Gasteiger partial charge in [-0.05, 0) is 35.4 Å². The number of hydrogen-bond acceptors (Lipinski definition) is 5. The molecule has 6 heteroatoms. The minimum atomic E-state index is -0.918. The molecule has 0 aliphatic carbocycles. The number of esters is 1. The molecule has 6 nitrogen and oxygen atoms in total. The largest absolute Gasteiger partial charge is 0.454 e. The van der Waals surface area contributed by atoms with E-state index in [9.17, 15) is 9.59 Å². The number of ether oxygens (including phenoxy) is 3. The topological polar surface area (TPSA) is 73.9 Å². The van der Waals surface area contributed by atoms with Crippen LogP contribution in [0.2, 0.25) is 0 Å². The number of fused-ring (bicyclic) bond motifs is 2. The van der Waals surface area contributed by atoms with Crippen molar-refractivity contribution in [1.82, 2.24) is 0 Å². The molecule has 142 valence electrons. The van der Waals surface area contributed by atoms with E-state index in [0.717, 1.165) is 16.3 Å². The fraction of sp³-hybridized carbons (Fsp3) is 0.182. The normalized spacial score (nSPS) is 13.2. The number of rotatable bonds is 5. The van der Waals surface area contributed by atoms with Crippen molar-refractivity contribution in [3.8, 4) is 11.5 Å². The first-order valence-electron chi connectivity index (χ1n) is 8.96. The van der Waals surface area contributed by atoms with Crippen molar-refractivity contribution in [2.45, 2.75) is 19.4 Å². The number of carbonyl (C=O) groups is 2. The summed E-state index contributed by atoms with van der Waals surface area (Å²) in [5.41, 5.74) is 1.39. The van der Waals surface area contributed by atoms with Crippen molar-refractivity contribution in [3.63, 3.8) is 0 Å². The number of benzene rings is 3. The first kappa shape index (κ1) is 17.9. The summed E-state index contributed by atoms with van der Waals surface area (Å²) in [4.78, 5) is 24.5. The van der Waals surface area contributed by atoms with Crippen molar-refractivity contribution in [1.29, 1.82) is 0 Å². The zero-order chi connectivity index (χ0) is 19.5. The molecular formula is C22H19NO5. The molecule has 1 atom stereocenters. The van der Waals surface area contributed by atoms with Crippen molar-refractivity contribution >= 4 is 28.3 Å². The highest BCUT2D eigenvalue weighted by atomic mass is 16.7. The lowest BCUT2D eigenvalue weighted by molar-refractivity contribution is -0.152. The molecule has 1 N–H and O–H groups in total. The van der Waals surface area contributed by atoms with Gasteiger partial charge in [-0.1, -0.05) is 42.5 Å². The Morgan fingerprint density at radius 2 is 1.79 bits per heavy atom. The SMILES string of the molecule is C[C@H](OC(=O)Cc1ccc2ccccc2c1)C(=O)Nc1ccc2c(c1)OCO2. The second-order valence-electron chi connectivity index (χ2n) is 6.55. The maximum atomic E-state index is 12.3. The van der Waals surface area contributed by atoms with E-state index < -0.39 is 18.0 Å². The summed E-state index contributed by atoms with van der Waals surface area (Å²) in [7, 11) is 0. The molecule has 1 aliphatic heterocycles. The Balaban J connectivity index is 1.34. The molecule has 1 aliphatic rings. The van der Waals surface area contributed by atoms with Crippen molar-refractivity contribution in [2.75, 3.05) is 12.1 Å². The molecule has 0 bridgehead atoms. The van der Waals surface area contributed by atoms with Crippen molar-refractivity contribution in [2.24, 2.45) is 0 Å². The van der Waals surface area contributed by atoms with Crippen LogP contribution in [0.3, 0.4) is 0 Å². The molecule has 1 heterocycles. The van der Waals surface area contributed by atoms with E-state index in [0.29, 0.717) is 17.2 Å². The van der Waals surface area contributed by atoms with Crippen LogP contribution in [-0.2, 0) is 20.7 Å². The van der Waals surface area contributed by atoms with E-state index in [2.05, 4.69) is 5.32 Å². The summed E-state index contributed by atoms with van der Waals surface area (Å²) >= 11 is 0. The molecule has 0 saturated heterocycles. The summed E-state index contributed by atoms with van der Waals surface area (Å²) < 4.78 is 15.8.